The highest BCUT2D eigenvalue weighted by Crippen LogP contribution is 2.49. The predicted molar refractivity (Wildman–Crippen MR) is 70.6 cm³/mol. The Hall–Kier alpha value is -1.47. The third kappa shape index (κ3) is 2.15. The number of rotatable bonds is 3. The number of carbonyl (C=O) groups is 1. The van der Waals surface area contributed by atoms with E-state index in [2.05, 4.69) is 15.5 Å². The third-order valence-electron chi connectivity index (χ3n) is 5.12. The van der Waals surface area contributed by atoms with Crippen LogP contribution in [0.5, 0.6) is 0 Å². The molecule has 0 bridgehead atoms. The molecule has 7 heteroatoms. The highest BCUT2D eigenvalue weighted by Gasteiger charge is 2.55. The Morgan fingerprint density at radius 3 is 2.76 bits per heavy atom. The van der Waals surface area contributed by atoms with Crippen LogP contribution in [0.25, 0.3) is 0 Å². The number of nitrogens with one attached hydrogen (secondary N) is 1. The van der Waals surface area contributed by atoms with Crippen molar-refractivity contribution in [3.05, 3.63) is 11.7 Å². The molecule has 1 aromatic rings. The van der Waals surface area contributed by atoms with E-state index in [4.69, 9.17) is 9.26 Å². The number of nitrogens with zero attached hydrogens (tertiary/aromatic N) is 2. The second-order valence-corrected chi connectivity index (χ2v) is 6.36. The first kappa shape index (κ1) is 13.2. The number of carbonyl (C=O) groups excluding carboxylic acids is 1. The SMILES string of the molecule is O=C(N[C@@H]1C[C@@H](O)C12CCOCC2)c1nc(C2CC2)no1. The van der Waals surface area contributed by atoms with Crippen molar-refractivity contribution in [2.45, 2.75) is 50.2 Å². The van der Waals surface area contributed by atoms with Crippen LogP contribution in [0.3, 0.4) is 0 Å². The fourth-order valence-corrected chi connectivity index (χ4v) is 3.45. The molecule has 1 amide bonds. The molecule has 21 heavy (non-hydrogen) atoms. The highest BCUT2D eigenvalue weighted by atomic mass is 16.5. The number of hydrogen-bond acceptors (Lipinski definition) is 6. The zero-order valence-corrected chi connectivity index (χ0v) is 11.7. The van der Waals surface area contributed by atoms with Crippen LogP contribution >= 0.6 is 0 Å². The number of amides is 1. The van der Waals surface area contributed by atoms with Crippen LogP contribution < -0.4 is 5.32 Å². The van der Waals surface area contributed by atoms with E-state index in [1.165, 1.54) is 0 Å². The molecule has 2 atom stereocenters. The summed E-state index contributed by atoms with van der Waals surface area (Å²) in [5.74, 6) is 0.690. The molecule has 1 aromatic heterocycles. The maximum Gasteiger partial charge on any atom is 0.315 e. The number of aromatic nitrogens is 2. The van der Waals surface area contributed by atoms with E-state index in [9.17, 15) is 9.90 Å². The highest BCUT2D eigenvalue weighted by molar-refractivity contribution is 5.89. The van der Waals surface area contributed by atoms with E-state index >= 15 is 0 Å². The Balaban J connectivity index is 1.43. The summed E-state index contributed by atoms with van der Waals surface area (Å²) < 4.78 is 10.4. The predicted octanol–water partition coefficient (Wildman–Crippen LogP) is 0.607. The lowest BCUT2D eigenvalue weighted by Crippen LogP contribution is -2.65. The summed E-state index contributed by atoms with van der Waals surface area (Å²) in [5, 5.41) is 16.9. The molecule has 3 fully saturated rings. The minimum Gasteiger partial charge on any atom is -0.392 e. The van der Waals surface area contributed by atoms with Crippen molar-refractivity contribution in [1.82, 2.24) is 15.5 Å². The molecule has 1 spiro atoms. The Morgan fingerprint density at radius 1 is 1.33 bits per heavy atom. The van der Waals surface area contributed by atoms with E-state index in [-0.39, 0.29) is 29.4 Å². The van der Waals surface area contributed by atoms with Crippen LogP contribution in [0.1, 0.15) is 54.5 Å². The number of hydrogen-bond donors (Lipinski definition) is 2. The van der Waals surface area contributed by atoms with Crippen molar-refractivity contribution in [2.75, 3.05) is 13.2 Å². The minimum atomic E-state index is -0.364. The summed E-state index contributed by atoms with van der Waals surface area (Å²) in [6.45, 7) is 1.27. The Labute approximate surface area is 122 Å². The van der Waals surface area contributed by atoms with E-state index < -0.39 is 0 Å². The fourth-order valence-electron chi connectivity index (χ4n) is 3.45. The van der Waals surface area contributed by atoms with Gasteiger partial charge in [0.05, 0.1) is 6.10 Å². The molecular formula is C14H19N3O4. The lowest BCUT2D eigenvalue weighted by atomic mass is 9.58. The maximum absolute atomic E-state index is 12.2. The molecule has 2 heterocycles. The monoisotopic (exact) mass is 293 g/mol. The van der Waals surface area contributed by atoms with Gasteiger partial charge in [0.25, 0.3) is 0 Å². The molecule has 2 N–H and O–H groups in total. The molecule has 114 valence electrons. The molecule has 0 unspecified atom stereocenters. The van der Waals surface area contributed by atoms with E-state index in [1.54, 1.807) is 0 Å². The maximum atomic E-state index is 12.2. The third-order valence-corrected chi connectivity index (χ3v) is 5.12. The average Bonchev–Trinajstić information content (AvgIpc) is 3.25. The Bertz CT molecular complexity index is 548. The van der Waals surface area contributed by atoms with Crippen molar-refractivity contribution in [3.63, 3.8) is 0 Å². The second-order valence-electron chi connectivity index (χ2n) is 6.36. The van der Waals surface area contributed by atoms with Gasteiger partial charge in [-0.1, -0.05) is 5.16 Å². The van der Waals surface area contributed by atoms with Crippen LogP contribution in [-0.2, 0) is 4.74 Å². The Morgan fingerprint density at radius 2 is 2.10 bits per heavy atom. The van der Waals surface area contributed by atoms with E-state index in [0.717, 1.165) is 25.7 Å². The average molecular weight is 293 g/mol. The molecule has 2 aliphatic carbocycles. The molecule has 4 rings (SSSR count). The zero-order valence-electron chi connectivity index (χ0n) is 11.7. The first-order chi connectivity index (χ1) is 10.2. The van der Waals surface area contributed by atoms with Gasteiger partial charge in [0.1, 0.15) is 0 Å². The number of aliphatic hydroxyl groups is 1. The van der Waals surface area contributed by atoms with Crippen molar-refractivity contribution in [3.8, 4) is 0 Å². The van der Waals surface area contributed by atoms with Gasteiger partial charge in [-0.3, -0.25) is 4.79 Å². The molecule has 3 aliphatic rings. The summed E-state index contributed by atoms with van der Waals surface area (Å²) in [6.07, 6.45) is 3.90. The van der Waals surface area contributed by atoms with Gasteiger partial charge in [-0.25, -0.2) is 0 Å². The number of ether oxygens (including phenoxy) is 1. The standard InChI is InChI=1S/C14H19N3O4/c18-10-7-9(14(10)3-5-20-6-4-14)15-12(19)13-16-11(17-21-13)8-1-2-8/h8-10,18H,1-7H2,(H,15,19)/t9-,10-/m1/s1. The van der Waals surface area contributed by atoms with Crippen molar-refractivity contribution in [1.29, 1.82) is 0 Å². The fraction of sp³-hybridized carbons (Fsp3) is 0.786. The molecule has 1 aliphatic heterocycles. The summed E-state index contributed by atoms with van der Waals surface area (Å²) in [7, 11) is 0. The largest absolute Gasteiger partial charge is 0.392 e. The van der Waals surface area contributed by atoms with Gasteiger partial charge in [0, 0.05) is 30.6 Å². The summed E-state index contributed by atoms with van der Waals surface area (Å²) in [6, 6.07) is -0.0415. The number of aliphatic hydroxyl groups excluding tert-OH is 1. The van der Waals surface area contributed by atoms with Crippen LogP contribution in [0.15, 0.2) is 4.52 Å². The first-order valence-electron chi connectivity index (χ1n) is 7.59. The van der Waals surface area contributed by atoms with Gasteiger partial charge in [-0.15, -0.1) is 0 Å². The van der Waals surface area contributed by atoms with Crippen molar-refractivity contribution < 1.29 is 19.2 Å². The molecule has 0 radical (unpaired) electrons. The van der Waals surface area contributed by atoms with Crippen molar-refractivity contribution >= 4 is 5.91 Å². The van der Waals surface area contributed by atoms with Gasteiger partial charge in [-0.05, 0) is 32.1 Å². The smallest absolute Gasteiger partial charge is 0.315 e. The molecule has 2 saturated carbocycles. The van der Waals surface area contributed by atoms with Gasteiger partial charge < -0.3 is 19.7 Å². The summed E-state index contributed by atoms with van der Waals surface area (Å²) in [4.78, 5) is 16.4. The van der Waals surface area contributed by atoms with Gasteiger partial charge in [0.2, 0.25) is 0 Å². The minimum absolute atomic E-state index is 0.0282. The van der Waals surface area contributed by atoms with Crippen molar-refractivity contribution in [2.24, 2.45) is 5.41 Å². The van der Waals surface area contributed by atoms with Gasteiger partial charge >= 0.3 is 11.8 Å². The van der Waals surface area contributed by atoms with Gasteiger partial charge in [-0.2, -0.15) is 4.98 Å². The summed E-state index contributed by atoms with van der Waals surface area (Å²) in [5.41, 5.74) is -0.243. The normalized spacial score (nSPS) is 30.9. The quantitative estimate of drug-likeness (QED) is 0.847. The van der Waals surface area contributed by atoms with E-state index in [1.807, 2.05) is 0 Å². The molecule has 0 aromatic carbocycles. The van der Waals surface area contributed by atoms with Crippen LogP contribution in [0.2, 0.25) is 0 Å². The molecular weight excluding hydrogens is 274 g/mol. The lowest BCUT2D eigenvalue weighted by Gasteiger charge is -2.55. The first-order valence-corrected chi connectivity index (χ1v) is 7.59. The molecule has 7 nitrogen and oxygen atoms in total. The zero-order chi connectivity index (χ0) is 14.4. The van der Waals surface area contributed by atoms with Gasteiger partial charge in [0.15, 0.2) is 5.82 Å². The van der Waals surface area contributed by atoms with Crippen LogP contribution in [0, 0.1) is 5.41 Å². The van der Waals surface area contributed by atoms with E-state index in [0.29, 0.717) is 31.4 Å². The topological polar surface area (TPSA) is 97.5 Å². The summed E-state index contributed by atoms with van der Waals surface area (Å²) >= 11 is 0. The molecule has 1 saturated heterocycles. The van der Waals surface area contributed by atoms with Crippen LogP contribution in [0.4, 0.5) is 0 Å². The Kier molecular flexibility index (Phi) is 3.00. The second kappa shape index (κ2) is 4.78. The lowest BCUT2D eigenvalue weighted by molar-refractivity contribution is -0.145. The van der Waals surface area contributed by atoms with Crippen LogP contribution in [-0.4, -0.2) is 46.5 Å².